The standard InChI is InChI=1S/C27H28N2O2S/c1-3-31-26(30)25-18(2)29-24(20-13-8-5-9-14-20)22-16-10-15-21(23(22)28-27(29)32-25)17-19-11-6-4-7-12-19/h4-9,11-14,17,22-24H,3,10,15-16H2,1-2H3/b21-17+. The molecule has 2 aromatic rings. The molecule has 0 bridgehead atoms. The van der Waals surface area contributed by atoms with Crippen LogP contribution < -0.4 is 0 Å². The van der Waals surface area contributed by atoms with Crippen molar-refractivity contribution >= 4 is 29.0 Å². The number of nitrogens with zero attached hydrogens (tertiary/aromatic N) is 2. The number of thioether (sulfide) groups is 1. The van der Waals surface area contributed by atoms with E-state index in [0.29, 0.717) is 17.4 Å². The van der Waals surface area contributed by atoms with Crippen LogP contribution in [0.4, 0.5) is 0 Å². The van der Waals surface area contributed by atoms with Crippen LogP contribution in [0.5, 0.6) is 0 Å². The van der Waals surface area contributed by atoms with Crippen molar-refractivity contribution in [2.24, 2.45) is 10.9 Å². The fourth-order valence-corrected chi connectivity index (χ4v) is 6.26. The Labute approximate surface area is 194 Å². The van der Waals surface area contributed by atoms with Crippen LogP contribution >= 0.6 is 11.8 Å². The second-order valence-electron chi connectivity index (χ2n) is 8.51. The number of aliphatic imine (C=N–C) groups is 1. The van der Waals surface area contributed by atoms with Crippen LogP contribution in [-0.2, 0) is 9.53 Å². The van der Waals surface area contributed by atoms with Crippen molar-refractivity contribution in [1.29, 1.82) is 0 Å². The average molecular weight is 445 g/mol. The summed E-state index contributed by atoms with van der Waals surface area (Å²) in [6.07, 6.45) is 5.67. The Kier molecular flexibility index (Phi) is 5.92. The lowest BCUT2D eigenvalue weighted by atomic mass is 9.73. The van der Waals surface area contributed by atoms with Crippen LogP contribution in [0.25, 0.3) is 6.08 Å². The fraction of sp³-hybridized carbons (Fsp3) is 0.333. The predicted molar refractivity (Wildman–Crippen MR) is 131 cm³/mol. The molecule has 0 saturated heterocycles. The number of carbonyl (C=O) groups is 1. The van der Waals surface area contributed by atoms with E-state index in [1.165, 1.54) is 28.5 Å². The van der Waals surface area contributed by atoms with E-state index in [4.69, 9.17) is 9.73 Å². The summed E-state index contributed by atoms with van der Waals surface area (Å²) >= 11 is 1.47. The summed E-state index contributed by atoms with van der Waals surface area (Å²) in [5.74, 6) is 0.115. The first-order valence-electron chi connectivity index (χ1n) is 11.4. The smallest absolute Gasteiger partial charge is 0.346 e. The molecule has 3 aliphatic rings. The predicted octanol–water partition coefficient (Wildman–Crippen LogP) is 6.19. The Morgan fingerprint density at radius 1 is 1.16 bits per heavy atom. The number of esters is 1. The molecule has 0 N–H and O–H groups in total. The van der Waals surface area contributed by atoms with Gasteiger partial charge in [-0.3, -0.25) is 4.99 Å². The van der Waals surface area contributed by atoms with Crippen LogP contribution in [0.15, 0.2) is 81.8 Å². The molecule has 4 nitrogen and oxygen atoms in total. The summed E-state index contributed by atoms with van der Waals surface area (Å²) in [6, 6.07) is 21.5. The number of rotatable bonds is 4. The van der Waals surface area contributed by atoms with Crippen molar-refractivity contribution in [3.05, 3.63) is 88.0 Å². The molecule has 2 aromatic carbocycles. The molecule has 2 aliphatic heterocycles. The van der Waals surface area contributed by atoms with E-state index in [2.05, 4.69) is 71.6 Å². The molecule has 5 rings (SSSR count). The van der Waals surface area contributed by atoms with Crippen LogP contribution in [0.3, 0.4) is 0 Å². The maximum absolute atomic E-state index is 12.7. The fourth-order valence-electron chi connectivity index (χ4n) is 5.18. The third-order valence-electron chi connectivity index (χ3n) is 6.56. The van der Waals surface area contributed by atoms with Gasteiger partial charge in [-0.1, -0.05) is 66.7 Å². The van der Waals surface area contributed by atoms with Crippen molar-refractivity contribution in [2.45, 2.75) is 45.2 Å². The number of allylic oxidation sites excluding steroid dienone is 1. The van der Waals surface area contributed by atoms with E-state index in [-0.39, 0.29) is 18.1 Å². The minimum absolute atomic E-state index is 0.127. The zero-order valence-corrected chi connectivity index (χ0v) is 19.3. The molecule has 1 saturated carbocycles. The van der Waals surface area contributed by atoms with E-state index in [1.54, 1.807) is 0 Å². The van der Waals surface area contributed by atoms with Gasteiger partial charge in [0.15, 0.2) is 5.17 Å². The van der Waals surface area contributed by atoms with Gasteiger partial charge in [-0.25, -0.2) is 4.79 Å². The van der Waals surface area contributed by atoms with Crippen molar-refractivity contribution in [3.63, 3.8) is 0 Å². The van der Waals surface area contributed by atoms with E-state index < -0.39 is 0 Å². The molecular formula is C27H28N2O2S. The molecule has 0 aromatic heterocycles. The van der Waals surface area contributed by atoms with Gasteiger partial charge >= 0.3 is 5.97 Å². The summed E-state index contributed by atoms with van der Waals surface area (Å²) in [4.78, 5) is 20.9. The molecule has 3 unspecified atom stereocenters. The maximum Gasteiger partial charge on any atom is 0.346 e. The van der Waals surface area contributed by atoms with Gasteiger partial charge in [-0.05, 0) is 61.6 Å². The molecule has 0 amide bonds. The van der Waals surface area contributed by atoms with Gasteiger partial charge in [0, 0.05) is 11.6 Å². The molecule has 1 fully saturated rings. The lowest BCUT2D eigenvalue weighted by Gasteiger charge is -2.46. The third-order valence-corrected chi connectivity index (χ3v) is 7.72. The largest absolute Gasteiger partial charge is 0.462 e. The second-order valence-corrected chi connectivity index (χ2v) is 9.48. The average Bonchev–Trinajstić information content (AvgIpc) is 3.15. The van der Waals surface area contributed by atoms with Gasteiger partial charge in [0.25, 0.3) is 0 Å². The minimum Gasteiger partial charge on any atom is -0.462 e. The van der Waals surface area contributed by atoms with Gasteiger partial charge in [0.05, 0.1) is 18.7 Å². The van der Waals surface area contributed by atoms with Crippen LogP contribution in [0.1, 0.15) is 50.3 Å². The van der Waals surface area contributed by atoms with Gasteiger partial charge in [-0.2, -0.15) is 0 Å². The summed E-state index contributed by atoms with van der Waals surface area (Å²) in [5.41, 5.74) is 4.85. The number of amidine groups is 1. The zero-order valence-electron chi connectivity index (χ0n) is 18.5. The number of fused-ring (bicyclic) bond motifs is 2. The molecule has 0 radical (unpaired) electrons. The Hall–Kier alpha value is -2.79. The molecule has 3 atom stereocenters. The summed E-state index contributed by atoms with van der Waals surface area (Å²) in [5, 5.41) is 0.918. The second kappa shape index (κ2) is 8.99. The van der Waals surface area contributed by atoms with Gasteiger partial charge in [0.1, 0.15) is 4.91 Å². The zero-order chi connectivity index (χ0) is 22.1. The molecular weight excluding hydrogens is 416 g/mol. The van der Waals surface area contributed by atoms with Crippen molar-refractivity contribution in [3.8, 4) is 0 Å². The Morgan fingerprint density at radius 2 is 1.88 bits per heavy atom. The summed E-state index contributed by atoms with van der Waals surface area (Å²) < 4.78 is 5.35. The molecule has 0 spiro atoms. The van der Waals surface area contributed by atoms with Crippen LogP contribution in [0, 0.1) is 5.92 Å². The highest BCUT2D eigenvalue weighted by Gasteiger charge is 2.47. The number of hydrogen-bond donors (Lipinski definition) is 0. The third kappa shape index (κ3) is 3.79. The van der Waals surface area contributed by atoms with E-state index >= 15 is 0 Å². The highest BCUT2D eigenvalue weighted by molar-refractivity contribution is 8.18. The molecule has 1 aliphatic carbocycles. The van der Waals surface area contributed by atoms with Crippen molar-refractivity contribution in [2.75, 3.05) is 6.61 Å². The maximum atomic E-state index is 12.7. The number of benzene rings is 2. The van der Waals surface area contributed by atoms with Crippen LogP contribution in [0.2, 0.25) is 0 Å². The van der Waals surface area contributed by atoms with E-state index in [9.17, 15) is 4.79 Å². The Morgan fingerprint density at radius 3 is 2.59 bits per heavy atom. The van der Waals surface area contributed by atoms with Crippen molar-refractivity contribution in [1.82, 2.24) is 4.90 Å². The van der Waals surface area contributed by atoms with Gasteiger partial charge < -0.3 is 9.64 Å². The first-order chi connectivity index (χ1) is 15.7. The first kappa shape index (κ1) is 21.1. The molecule has 5 heteroatoms. The topological polar surface area (TPSA) is 41.9 Å². The molecule has 32 heavy (non-hydrogen) atoms. The lowest BCUT2D eigenvalue weighted by Crippen LogP contribution is -2.45. The van der Waals surface area contributed by atoms with Gasteiger partial charge in [0.2, 0.25) is 0 Å². The van der Waals surface area contributed by atoms with Crippen LogP contribution in [-0.4, -0.2) is 28.7 Å². The van der Waals surface area contributed by atoms with E-state index in [0.717, 1.165) is 30.1 Å². The number of ether oxygens (including phenoxy) is 1. The summed E-state index contributed by atoms with van der Waals surface area (Å²) in [7, 11) is 0. The Bertz CT molecular complexity index is 1090. The highest BCUT2D eigenvalue weighted by atomic mass is 32.2. The number of carbonyl (C=O) groups excluding carboxylic acids is 1. The highest BCUT2D eigenvalue weighted by Crippen LogP contribution is 2.52. The minimum atomic E-state index is -0.248. The molecule has 2 heterocycles. The SMILES string of the molecule is CCOC(=O)C1=C(C)N2C(=NC3/C(=C/c4ccccc4)CCCC3C2c2ccccc2)S1. The van der Waals surface area contributed by atoms with E-state index in [1.807, 2.05) is 13.8 Å². The molecule has 164 valence electrons. The monoisotopic (exact) mass is 444 g/mol. The Balaban J connectivity index is 1.60. The number of hydrogen-bond acceptors (Lipinski definition) is 5. The summed E-state index contributed by atoms with van der Waals surface area (Å²) in [6.45, 7) is 4.25. The van der Waals surface area contributed by atoms with Crippen molar-refractivity contribution < 1.29 is 9.53 Å². The quantitative estimate of drug-likeness (QED) is 0.527. The van der Waals surface area contributed by atoms with Gasteiger partial charge in [-0.15, -0.1) is 0 Å². The first-order valence-corrected chi connectivity index (χ1v) is 12.2. The normalized spacial score (nSPS) is 25.9. The lowest BCUT2D eigenvalue weighted by molar-refractivity contribution is -0.137.